The van der Waals surface area contributed by atoms with Gasteiger partial charge in [0, 0.05) is 25.8 Å². The lowest BCUT2D eigenvalue weighted by atomic mass is 9.97. The number of hydrogen-bond donors (Lipinski definition) is 3. The molecule has 5 rings (SSSR count). The largest absolute Gasteiger partial charge is 0.368 e. The van der Waals surface area contributed by atoms with Gasteiger partial charge in [0.2, 0.25) is 5.95 Å². The Hall–Kier alpha value is -3.54. The second-order valence-corrected chi connectivity index (χ2v) is 8.28. The third-order valence-electron chi connectivity index (χ3n) is 5.26. The molecule has 2 amide bonds. The molecule has 3 aromatic rings. The zero-order valence-corrected chi connectivity index (χ0v) is 17.2. The molecule has 0 spiro atoms. The number of thioether (sulfide) groups is 1. The zero-order valence-electron chi connectivity index (χ0n) is 16.4. The standard InChI is InChI=1S/C19H19N9O2S/c29-17-13(31-19(30)27-17)7-12-1-4-20-18(26-12)28-5-2-11(3-6-28)8-21-15-14-16(23-9-22-14)25-10-24-15/h1,4,7,9-11H,2-3,5-6,8H2,(H,27,29,30)(H2,21,22,23,24,25). The fraction of sp³-hybridized carbons (Fsp3) is 0.316. The number of carbonyl (C=O) groups excluding carboxylic acids is 2. The van der Waals surface area contributed by atoms with E-state index >= 15 is 0 Å². The number of fused-ring (bicyclic) bond motifs is 1. The van der Waals surface area contributed by atoms with E-state index in [4.69, 9.17) is 0 Å². The molecule has 2 saturated heterocycles. The van der Waals surface area contributed by atoms with Crippen molar-refractivity contribution in [1.29, 1.82) is 0 Å². The highest BCUT2D eigenvalue weighted by Gasteiger charge is 2.26. The van der Waals surface area contributed by atoms with Crippen LogP contribution in [-0.2, 0) is 4.79 Å². The third-order valence-corrected chi connectivity index (χ3v) is 6.07. The molecule has 3 N–H and O–H groups in total. The Balaban J connectivity index is 1.19. The summed E-state index contributed by atoms with van der Waals surface area (Å²) >= 11 is 0.880. The van der Waals surface area contributed by atoms with Gasteiger partial charge in [-0.25, -0.2) is 24.9 Å². The Morgan fingerprint density at radius 2 is 2.06 bits per heavy atom. The van der Waals surface area contributed by atoms with Crippen LogP contribution in [0.15, 0.2) is 29.8 Å². The Bertz CT molecular complexity index is 1170. The quantitative estimate of drug-likeness (QED) is 0.506. The number of imide groups is 1. The molecule has 2 aliphatic rings. The SMILES string of the molecule is O=C1NC(=O)C(=Cc2ccnc(N3CCC(CNc4ncnc5nc[nH]c45)CC3)n2)S1. The maximum Gasteiger partial charge on any atom is 0.290 e. The van der Waals surface area contributed by atoms with E-state index in [1.807, 2.05) is 0 Å². The first kappa shape index (κ1) is 19.4. The van der Waals surface area contributed by atoms with Crippen molar-refractivity contribution in [1.82, 2.24) is 35.2 Å². The smallest absolute Gasteiger partial charge is 0.290 e. The number of aromatic nitrogens is 6. The fourth-order valence-electron chi connectivity index (χ4n) is 3.63. The lowest BCUT2D eigenvalue weighted by Crippen LogP contribution is -2.37. The molecule has 31 heavy (non-hydrogen) atoms. The van der Waals surface area contributed by atoms with Gasteiger partial charge in [-0.15, -0.1) is 0 Å². The molecule has 0 atom stereocenters. The number of anilines is 2. The van der Waals surface area contributed by atoms with Crippen LogP contribution in [0.3, 0.4) is 0 Å². The molecule has 0 unspecified atom stereocenters. The van der Waals surface area contributed by atoms with Crippen molar-refractivity contribution in [3.63, 3.8) is 0 Å². The molecule has 0 aromatic carbocycles. The van der Waals surface area contributed by atoms with Crippen LogP contribution in [0, 0.1) is 5.92 Å². The summed E-state index contributed by atoms with van der Waals surface area (Å²) in [5.41, 5.74) is 2.07. The van der Waals surface area contributed by atoms with Crippen LogP contribution in [-0.4, -0.2) is 60.7 Å². The number of aromatic amines is 1. The summed E-state index contributed by atoms with van der Waals surface area (Å²) in [4.78, 5) is 50.1. The highest BCUT2D eigenvalue weighted by Crippen LogP contribution is 2.26. The van der Waals surface area contributed by atoms with E-state index in [1.165, 1.54) is 6.33 Å². The van der Waals surface area contributed by atoms with E-state index in [0.29, 0.717) is 28.1 Å². The van der Waals surface area contributed by atoms with Gasteiger partial charge in [0.15, 0.2) is 11.5 Å². The lowest BCUT2D eigenvalue weighted by molar-refractivity contribution is -0.115. The van der Waals surface area contributed by atoms with Crippen LogP contribution in [0.4, 0.5) is 16.6 Å². The highest BCUT2D eigenvalue weighted by molar-refractivity contribution is 8.18. The first-order valence-electron chi connectivity index (χ1n) is 9.86. The Morgan fingerprint density at radius 3 is 2.87 bits per heavy atom. The predicted molar refractivity (Wildman–Crippen MR) is 116 cm³/mol. The monoisotopic (exact) mass is 437 g/mol. The minimum atomic E-state index is -0.389. The number of imidazole rings is 1. The number of amides is 2. The average Bonchev–Trinajstić information content (AvgIpc) is 3.39. The number of hydrogen-bond acceptors (Lipinski definition) is 10. The van der Waals surface area contributed by atoms with Crippen molar-refractivity contribution in [3.05, 3.63) is 35.5 Å². The van der Waals surface area contributed by atoms with Crippen molar-refractivity contribution in [2.45, 2.75) is 12.8 Å². The molecular weight excluding hydrogens is 418 g/mol. The number of piperidine rings is 1. The second kappa shape index (κ2) is 8.30. The summed E-state index contributed by atoms with van der Waals surface area (Å²) in [6, 6.07) is 1.72. The minimum absolute atomic E-state index is 0.343. The number of nitrogens with zero attached hydrogens (tertiary/aromatic N) is 6. The van der Waals surface area contributed by atoms with Gasteiger partial charge in [0.1, 0.15) is 11.8 Å². The van der Waals surface area contributed by atoms with Gasteiger partial charge in [-0.05, 0) is 42.7 Å². The van der Waals surface area contributed by atoms with Crippen LogP contribution >= 0.6 is 11.8 Å². The van der Waals surface area contributed by atoms with Gasteiger partial charge in [0.05, 0.1) is 16.9 Å². The topological polar surface area (TPSA) is 142 Å². The molecule has 3 aromatic heterocycles. The summed E-state index contributed by atoms with van der Waals surface area (Å²) in [5, 5.41) is 5.29. The molecule has 2 aliphatic heterocycles. The van der Waals surface area contributed by atoms with Crippen LogP contribution in [0.2, 0.25) is 0 Å². The molecule has 0 radical (unpaired) electrons. The second-order valence-electron chi connectivity index (χ2n) is 7.27. The summed E-state index contributed by atoms with van der Waals surface area (Å²) in [7, 11) is 0. The molecule has 11 nitrogen and oxygen atoms in total. The number of H-pyrrole nitrogens is 1. The van der Waals surface area contributed by atoms with Crippen LogP contribution in [0.25, 0.3) is 17.2 Å². The molecule has 5 heterocycles. The molecular formula is C19H19N9O2S. The Morgan fingerprint density at radius 1 is 1.19 bits per heavy atom. The van der Waals surface area contributed by atoms with Gasteiger partial charge >= 0.3 is 0 Å². The molecule has 0 aliphatic carbocycles. The minimum Gasteiger partial charge on any atom is -0.368 e. The zero-order chi connectivity index (χ0) is 21.2. The highest BCUT2D eigenvalue weighted by atomic mass is 32.2. The normalized spacial score (nSPS) is 18.7. The van der Waals surface area contributed by atoms with Crippen LogP contribution in [0.1, 0.15) is 18.5 Å². The van der Waals surface area contributed by atoms with Gasteiger partial charge < -0.3 is 15.2 Å². The van der Waals surface area contributed by atoms with E-state index in [9.17, 15) is 9.59 Å². The molecule has 12 heteroatoms. The van der Waals surface area contributed by atoms with Crippen molar-refractivity contribution in [2.75, 3.05) is 29.9 Å². The summed E-state index contributed by atoms with van der Waals surface area (Å²) < 4.78 is 0. The van der Waals surface area contributed by atoms with Crippen LogP contribution < -0.4 is 15.5 Å². The number of rotatable bonds is 5. The first-order valence-corrected chi connectivity index (χ1v) is 10.7. The molecule has 0 saturated carbocycles. The van der Waals surface area contributed by atoms with Gasteiger partial charge in [0.25, 0.3) is 11.1 Å². The van der Waals surface area contributed by atoms with Gasteiger partial charge in [-0.3, -0.25) is 14.9 Å². The van der Waals surface area contributed by atoms with Crippen molar-refractivity contribution >= 4 is 51.9 Å². The van der Waals surface area contributed by atoms with Gasteiger partial charge in [-0.2, -0.15) is 0 Å². The lowest BCUT2D eigenvalue weighted by Gasteiger charge is -2.32. The molecule has 2 fully saturated rings. The summed E-state index contributed by atoms with van der Waals surface area (Å²) in [5.74, 6) is 1.51. The maximum atomic E-state index is 11.7. The number of nitrogens with one attached hydrogen (secondary N) is 3. The van der Waals surface area contributed by atoms with Crippen molar-refractivity contribution in [3.8, 4) is 0 Å². The fourth-order valence-corrected chi connectivity index (χ4v) is 4.29. The summed E-state index contributed by atoms with van der Waals surface area (Å²) in [6.45, 7) is 2.49. The average molecular weight is 437 g/mol. The predicted octanol–water partition coefficient (Wildman–Crippen LogP) is 1.80. The van der Waals surface area contributed by atoms with Crippen molar-refractivity contribution in [2.24, 2.45) is 5.92 Å². The van der Waals surface area contributed by atoms with E-state index in [1.54, 1.807) is 24.7 Å². The van der Waals surface area contributed by atoms with Crippen LogP contribution in [0.5, 0.6) is 0 Å². The Kier molecular flexibility index (Phi) is 5.20. The summed E-state index contributed by atoms with van der Waals surface area (Å²) in [6.07, 6.45) is 8.40. The van der Waals surface area contributed by atoms with E-state index in [-0.39, 0.29) is 11.1 Å². The van der Waals surface area contributed by atoms with E-state index in [2.05, 4.69) is 45.4 Å². The number of carbonyl (C=O) groups is 2. The Labute approximate surface area is 181 Å². The first-order chi connectivity index (χ1) is 15.2. The third kappa shape index (κ3) is 4.19. The van der Waals surface area contributed by atoms with Crippen molar-refractivity contribution < 1.29 is 9.59 Å². The van der Waals surface area contributed by atoms with E-state index < -0.39 is 0 Å². The van der Waals surface area contributed by atoms with E-state index in [0.717, 1.165) is 55.6 Å². The maximum absolute atomic E-state index is 11.7. The van der Waals surface area contributed by atoms with Gasteiger partial charge in [-0.1, -0.05) is 0 Å². The molecule has 158 valence electrons. The molecule has 0 bridgehead atoms.